The van der Waals surface area contributed by atoms with Crippen LogP contribution in [0.25, 0.3) is 0 Å². The second kappa shape index (κ2) is 6.25. The van der Waals surface area contributed by atoms with E-state index in [1.807, 2.05) is 43.3 Å². The molecule has 1 unspecified atom stereocenters. The van der Waals surface area contributed by atoms with Gasteiger partial charge in [-0.2, -0.15) is 0 Å². The minimum atomic E-state index is -0.249. The Morgan fingerprint density at radius 3 is 2.45 bits per heavy atom. The van der Waals surface area contributed by atoms with Crippen molar-refractivity contribution in [3.8, 4) is 0 Å². The molecule has 2 aromatic carbocycles. The van der Waals surface area contributed by atoms with Crippen LogP contribution in [0.5, 0.6) is 0 Å². The molecule has 2 rings (SSSR count). The van der Waals surface area contributed by atoms with Gasteiger partial charge in [0.05, 0.1) is 0 Å². The highest BCUT2D eigenvalue weighted by molar-refractivity contribution is 6.31. The number of nitrogens with one attached hydrogen (secondary N) is 1. The van der Waals surface area contributed by atoms with Crippen molar-refractivity contribution in [1.82, 2.24) is 5.32 Å². The summed E-state index contributed by atoms with van der Waals surface area (Å²) < 4.78 is 13.3. The molecule has 0 aromatic heterocycles. The number of rotatable bonds is 4. The standard InChI is InChI=1S/C16H18ClFN2/c1-11(19-2)15-8-7-14(10-16(15)17)20(3)13-6-4-5-12(18)9-13/h4-11,19H,1-3H3. The van der Waals surface area contributed by atoms with Gasteiger partial charge in [-0.1, -0.05) is 23.7 Å². The summed E-state index contributed by atoms with van der Waals surface area (Å²) in [4.78, 5) is 1.91. The van der Waals surface area contributed by atoms with Crippen LogP contribution in [0.15, 0.2) is 42.5 Å². The van der Waals surface area contributed by atoms with E-state index in [0.717, 1.165) is 16.9 Å². The molecule has 0 bridgehead atoms. The Bertz CT molecular complexity index is 601. The first kappa shape index (κ1) is 14.8. The van der Waals surface area contributed by atoms with Crippen LogP contribution in [0.4, 0.5) is 15.8 Å². The Balaban J connectivity index is 2.32. The summed E-state index contributed by atoms with van der Waals surface area (Å²) in [7, 11) is 3.79. The fraction of sp³-hybridized carbons (Fsp3) is 0.250. The van der Waals surface area contributed by atoms with E-state index in [1.165, 1.54) is 12.1 Å². The fourth-order valence-electron chi connectivity index (χ4n) is 2.07. The summed E-state index contributed by atoms with van der Waals surface area (Å²) in [6.45, 7) is 2.05. The molecular weight excluding hydrogens is 275 g/mol. The van der Waals surface area contributed by atoms with Crippen molar-refractivity contribution < 1.29 is 4.39 Å². The highest BCUT2D eigenvalue weighted by Gasteiger charge is 2.11. The van der Waals surface area contributed by atoms with Gasteiger partial charge in [0.1, 0.15) is 5.82 Å². The van der Waals surface area contributed by atoms with Crippen LogP contribution >= 0.6 is 11.6 Å². The predicted octanol–water partition coefficient (Wildman–Crippen LogP) is 4.53. The monoisotopic (exact) mass is 292 g/mol. The van der Waals surface area contributed by atoms with Crippen LogP contribution in [0.2, 0.25) is 5.02 Å². The molecule has 0 saturated carbocycles. The molecule has 0 aliphatic heterocycles. The Labute approximate surface area is 124 Å². The third-order valence-electron chi connectivity index (χ3n) is 3.47. The maximum absolute atomic E-state index is 13.3. The third kappa shape index (κ3) is 3.11. The molecule has 0 fully saturated rings. The summed E-state index contributed by atoms with van der Waals surface area (Å²) in [5.74, 6) is -0.249. The number of halogens is 2. The second-order valence-electron chi connectivity index (χ2n) is 4.76. The minimum absolute atomic E-state index is 0.191. The van der Waals surface area contributed by atoms with Gasteiger partial charge >= 0.3 is 0 Å². The molecule has 0 saturated heterocycles. The van der Waals surface area contributed by atoms with E-state index in [1.54, 1.807) is 6.07 Å². The van der Waals surface area contributed by atoms with E-state index in [-0.39, 0.29) is 11.9 Å². The Morgan fingerprint density at radius 2 is 1.85 bits per heavy atom. The molecule has 20 heavy (non-hydrogen) atoms. The third-order valence-corrected chi connectivity index (χ3v) is 3.79. The number of nitrogens with zero attached hydrogens (tertiary/aromatic N) is 1. The van der Waals surface area contributed by atoms with Crippen molar-refractivity contribution in [3.63, 3.8) is 0 Å². The topological polar surface area (TPSA) is 15.3 Å². The zero-order valence-electron chi connectivity index (χ0n) is 11.8. The van der Waals surface area contributed by atoms with Gasteiger partial charge in [0, 0.05) is 29.5 Å². The van der Waals surface area contributed by atoms with Gasteiger partial charge in [-0.25, -0.2) is 4.39 Å². The van der Waals surface area contributed by atoms with Gasteiger partial charge in [0.25, 0.3) is 0 Å². The van der Waals surface area contributed by atoms with E-state index in [0.29, 0.717) is 5.02 Å². The Morgan fingerprint density at radius 1 is 1.15 bits per heavy atom. The molecular formula is C16H18ClFN2. The van der Waals surface area contributed by atoms with E-state index < -0.39 is 0 Å². The maximum atomic E-state index is 13.3. The second-order valence-corrected chi connectivity index (χ2v) is 5.16. The largest absolute Gasteiger partial charge is 0.344 e. The van der Waals surface area contributed by atoms with Crippen molar-refractivity contribution >= 4 is 23.0 Å². The molecule has 4 heteroatoms. The lowest BCUT2D eigenvalue weighted by Crippen LogP contribution is -2.14. The van der Waals surface area contributed by atoms with Crippen LogP contribution in [0, 0.1) is 5.82 Å². The van der Waals surface area contributed by atoms with Crippen LogP contribution in [-0.2, 0) is 0 Å². The van der Waals surface area contributed by atoms with Crippen molar-refractivity contribution in [1.29, 1.82) is 0 Å². The number of hydrogen-bond acceptors (Lipinski definition) is 2. The smallest absolute Gasteiger partial charge is 0.125 e. The summed E-state index contributed by atoms with van der Waals surface area (Å²) in [6, 6.07) is 12.6. The predicted molar refractivity (Wildman–Crippen MR) is 83.4 cm³/mol. The minimum Gasteiger partial charge on any atom is -0.344 e. The summed E-state index contributed by atoms with van der Waals surface area (Å²) in [5.41, 5.74) is 2.76. The van der Waals surface area contributed by atoms with Crippen LogP contribution < -0.4 is 10.2 Å². The first-order chi connectivity index (χ1) is 9.52. The summed E-state index contributed by atoms with van der Waals surface area (Å²) in [6.07, 6.45) is 0. The first-order valence-electron chi connectivity index (χ1n) is 6.49. The van der Waals surface area contributed by atoms with E-state index in [4.69, 9.17) is 11.6 Å². The van der Waals surface area contributed by atoms with Gasteiger partial charge in [-0.15, -0.1) is 0 Å². The quantitative estimate of drug-likeness (QED) is 0.891. The molecule has 0 radical (unpaired) electrons. The van der Waals surface area contributed by atoms with Crippen LogP contribution in [-0.4, -0.2) is 14.1 Å². The highest BCUT2D eigenvalue weighted by atomic mass is 35.5. The summed E-state index contributed by atoms with van der Waals surface area (Å²) >= 11 is 6.33. The molecule has 1 N–H and O–H groups in total. The zero-order chi connectivity index (χ0) is 14.7. The highest BCUT2D eigenvalue weighted by Crippen LogP contribution is 2.30. The summed E-state index contributed by atoms with van der Waals surface area (Å²) in [5, 5.41) is 3.86. The lowest BCUT2D eigenvalue weighted by atomic mass is 10.1. The average molecular weight is 293 g/mol. The lowest BCUT2D eigenvalue weighted by molar-refractivity contribution is 0.628. The molecule has 2 aromatic rings. The number of benzene rings is 2. The molecule has 2 nitrogen and oxygen atoms in total. The van der Waals surface area contributed by atoms with Crippen LogP contribution in [0.3, 0.4) is 0 Å². The van der Waals surface area contributed by atoms with Gasteiger partial charge in [-0.05, 0) is 49.9 Å². The average Bonchev–Trinajstić information content (AvgIpc) is 2.45. The molecule has 0 aliphatic rings. The van der Waals surface area contributed by atoms with Crippen molar-refractivity contribution in [2.45, 2.75) is 13.0 Å². The normalized spacial score (nSPS) is 12.2. The lowest BCUT2D eigenvalue weighted by Gasteiger charge is -2.21. The molecule has 1 atom stereocenters. The van der Waals surface area contributed by atoms with Gasteiger partial charge < -0.3 is 10.2 Å². The molecule has 106 valence electrons. The molecule has 0 spiro atoms. The molecule has 0 heterocycles. The van der Waals surface area contributed by atoms with Gasteiger partial charge in [0.15, 0.2) is 0 Å². The number of hydrogen-bond donors (Lipinski definition) is 1. The van der Waals surface area contributed by atoms with Gasteiger partial charge in [0.2, 0.25) is 0 Å². The van der Waals surface area contributed by atoms with E-state index in [2.05, 4.69) is 12.2 Å². The first-order valence-corrected chi connectivity index (χ1v) is 6.86. The Kier molecular flexibility index (Phi) is 4.63. The SMILES string of the molecule is CNC(C)c1ccc(N(C)c2cccc(F)c2)cc1Cl. The number of anilines is 2. The fourth-order valence-corrected chi connectivity index (χ4v) is 2.40. The van der Waals surface area contributed by atoms with Crippen molar-refractivity contribution in [2.75, 3.05) is 19.0 Å². The molecule has 0 aliphatic carbocycles. The van der Waals surface area contributed by atoms with E-state index >= 15 is 0 Å². The van der Waals surface area contributed by atoms with Crippen molar-refractivity contribution in [3.05, 3.63) is 58.9 Å². The van der Waals surface area contributed by atoms with Crippen molar-refractivity contribution in [2.24, 2.45) is 0 Å². The van der Waals surface area contributed by atoms with Crippen LogP contribution in [0.1, 0.15) is 18.5 Å². The van der Waals surface area contributed by atoms with Gasteiger partial charge in [-0.3, -0.25) is 0 Å². The maximum Gasteiger partial charge on any atom is 0.125 e. The Hall–Kier alpha value is -1.58. The molecule has 0 amide bonds. The zero-order valence-corrected chi connectivity index (χ0v) is 12.6. The van der Waals surface area contributed by atoms with E-state index in [9.17, 15) is 4.39 Å².